The molecule has 0 saturated carbocycles. The van der Waals surface area contributed by atoms with Crippen LogP contribution < -0.4 is 10.5 Å². The number of halogens is 1. The van der Waals surface area contributed by atoms with Gasteiger partial charge in [0.2, 0.25) is 5.91 Å². The van der Waals surface area contributed by atoms with Crippen LogP contribution in [0.3, 0.4) is 0 Å². The summed E-state index contributed by atoms with van der Waals surface area (Å²) < 4.78 is 19.6. The topological polar surface area (TPSA) is 92.9 Å². The van der Waals surface area contributed by atoms with Crippen LogP contribution >= 0.6 is 0 Å². The second-order valence-corrected chi connectivity index (χ2v) is 6.98. The predicted octanol–water partition coefficient (Wildman–Crippen LogP) is 3.41. The van der Waals surface area contributed by atoms with E-state index in [9.17, 15) is 19.1 Å². The lowest BCUT2D eigenvalue weighted by Crippen LogP contribution is -2.36. The van der Waals surface area contributed by atoms with Crippen LogP contribution in [0.4, 0.5) is 4.39 Å². The minimum absolute atomic E-state index is 0.0241. The number of amides is 2. The molecule has 2 amide bonds. The molecular weight excluding hydrogens is 387 g/mol. The molecule has 0 bridgehead atoms. The molecule has 1 atom stereocenters. The van der Waals surface area contributed by atoms with Crippen molar-refractivity contribution in [1.82, 2.24) is 4.90 Å². The summed E-state index contributed by atoms with van der Waals surface area (Å²) in [6, 6.07) is 16.4. The van der Waals surface area contributed by atoms with Gasteiger partial charge in [-0.05, 0) is 42.0 Å². The molecule has 0 aromatic heterocycles. The summed E-state index contributed by atoms with van der Waals surface area (Å²) in [5.74, 6) is -1.22. The number of carbonyl (C=O) groups is 2. The lowest BCUT2D eigenvalue weighted by molar-refractivity contribution is 0.0625. The fourth-order valence-corrected chi connectivity index (χ4v) is 3.64. The molecule has 6 nitrogen and oxygen atoms in total. The van der Waals surface area contributed by atoms with Gasteiger partial charge in [0.05, 0.1) is 11.6 Å². The van der Waals surface area contributed by atoms with Gasteiger partial charge in [-0.25, -0.2) is 4.39 Å². The van der Waals surface area contributed by atoms with Gasteiger partial charge in [0.15, 0.2) is 0 Å². The van der Waals surface area contributed by atoms with Gasteiger partial charge in [0, 0.05) is 17.7 Å². The van der Waals surface area contributed by atoms with E-state index in [0.717, 1.165) is 0 Å². The second-order valence-electron chi connectivity index (χ2n) is 6.98. The minimum atomic E-state index is -0.616. The van der Waals surface area contributed by atoms with Crippen molar-refractivity contribution in [3.05, 3.63) is 94.8 Å². The number of benzene rings is 3. The number of hydrogen-bond acceptors (Lipinski definition) is 4. The van der Waals surface area contributed by atoms with Gasteiger partial charge >= 0.3 is 0 Å². The first kappa shape index (κ1) is 19.4. The summed E-state index contributed by atoms with van der Waals surface area (Å²) >= 11 is 0. The quantitative estimate of drug-likeness (QED) is 0.679. The summed E-state index contributed by atoms with van der Waals surface area (Å²) in [4.78, 5) is 26.8. The zero-order chi connectivity index (χ0) is 21.3. The summed E-state index contributed by atoms with van der Waals surface area (Å²) in [5, 5.41) is 10.2. The second kappa shape index (κ2) is 7.87. The summed E-state index contributed by atoms with van der Waals surface area (Å²) in [6.07, 6.45) is 0. The Balaban J connectivity index is 1.79. The van der Waals surface area contributed by atoms with Crippen LogP contribution in [-0.4, -0.2) is 28.4 Å². The van der Waals surface area contributed by atoms with E-state index in [-0.39, 0.29) is 30.0 Å². The number of aromatic hydroxyl groups is 1. The average Bonchev–Trinajstić information content (AvgIpc) is 3.15. The summed E-state index contributed by atoms with van der Waals surface area (Å²) in [6.45, 7) is 0.146. The maximum absolute atomic E-state index is 13.9. The number of nitrogens with zero attached hydrogens (tertiary/aromatic N) is 1. The van der Waals surface area contributed by atoms with Gasteiger partial charge in [-0.3, -0.25) is 9.59 Å². The van der Waals surface area contributed by atoms with Crippen molar-refractivity contribution in [3.8, 4) is 11.5 Å². The van der Waals surface area contributed by atoms with Crippen LogP contribution in [0.1, 0.15) is 37.9 Å². The number of fused-ring (bicyclic) bond motifs is 1. The first-order valence-corrected chi connectivity index (χ1v) is 9.34. The maximum atomic E-state index is 13.9. The van der Waals surface area contributed by atoms with E-state index >= 15 is 0 Å². The Morgan fingerprint density at radius 3 is 2.50 bits per heavy atom. The fraction of sp³-hybridized carbons (Fsp3) is 0.130. The predicted molar refractivity (Wildman–Crippen MR) is 108 cm³/mol. The third-order valence-corrected chi connectivity index (χ3v) is 5.12. The molecule has 1 unspecified atom stereocenters. The van der Waals surface area contributed by atoms with Gasteiger partial charge in [0.25, 0.3) is 5.91 Å². The van der Waals surface area contributed by atoms with Gasteiger partial charge in [0.1, 0.15) is 23.9 Å². The number of phenols is 1. The van der Waals surface area contributed by atoms with Crippen molar-refractivity contribution >= 4 is 11.8 Å². The first-order chi connectivity index (χ1) is 14.5. The van der Waals surface area contributed by atoms with Crippen molar-refractivity contribution < 1.29 is 23.8 Å². The molecule has 1 aliphatic heterocycles. The molecule has 30 heavy (non-hydrogen) atoms. The maximum Gasteiger partial charge on any atom is 0.258 e. The third-order valence-electron chi connectivity index (χ3n) is 5.12. The lowest BCUT2D eigenvalue weighted by Gasteiger charge is -2.29. The normalized spacial score (nSPS) is 14.6. The van der Waals surface area contributed by atoms with E-state index in [1.807, 2.05) is 0 Å². The molecule has 7 heteroatoms. The molecular formula is C23H19FN2O4. The van der Waals surface area contributed by atoms with Gasteiger partial charge < -0.3 is 20.5 Å². The third kappa shape index (κ3) is 3.57. The van der Waals surface area contributed by atoms with Crippen molar-refractivity contribution in [2.45, 2.75) is 12.6 Å². The molecule has 3 aromatic carbocycles. The van der Waals surface area contributed by atoms with Gasteiger partial charge in [-0.2, -0.15) is 0 Å². The number of para-hydroxylation sites is 1. The Bertz CT molecular complexity index is 1130. The van der Waals surface area contributed by atoms with Crippen LogP contribution in [-0.2, 0) is 6.54 Å². The highest BCUT2D eigenvalue weighted by Gasteiger charge is 2.34. The Hall–Kier alpha value is -3.87. The lowest BCUT2D eigenvalue weighted by atomic mass is 10.0. The highest BCUT2D eigenvalue weighted by molar-refractivity contribution is 5.98. The largest absolute Gasteiger partial charge is 0.507 e. The summed E-state index contributed by atoms with van der Waals surface area (Å²) in [7, 11) is 0. The molecule has 0 fully saturated rings. The van der Waals surface area contributed by atoms with Crippen LogP contribution in [0, 0.1) is 5.82 Å². The molecule has 0 aliphatic carbocycles. The number of primary amides is 1. The Morgan fingerprint density at radius 2 is 1.77 bits per heavy atom. The molecule has 152 valence electrons. The number of ether oxygens (including phenoxy) is 1. The van der Waals surface area contributed by atoms with E-state index in [2.05, 4.69) is 0 Å². The SMILES string of the molecule is NC(=O)c1ccccc1CN(C(=O)c1ccccc1O)C1COc2ccc(F)cc21. The minimum Gasteiger partial charge on any atom is -0.507 e. The molecule has 3 N–H and O–H groups in total. The van der Waals surface area contributed by atoms with E-state index in [1.165, 1.54) is 35.2 Å². The molecule has 1 heterocycles. The Morgan fingerprint density at radius 1 is 1.07 bits per heavy atom. The average molecular weight is 406 g/mol. The van der Waals surface area contributed by atoms with E-state index in [1.54, 1.807) is 36.4 Å². The van der Waals surface area contributed by atoms with Crippen molar-refractivity contribution in [2.75, 3.05) is 6.61 Å². The number of nitrogens with two attached hydrogens (primary N) is 1. The highest BCUT2D eigenvalue weighted by Crippen LogP contribution is 2.38. The molecule has 0 radical (unpaired) electrons. The summed E-state index contributed by atoms with van der Waals surface area (Å²) in [5.41, 5.74) is 6.94. The molecule has 1 aliphatic rings. The van der Waals surface area contributed by atoms with Crippen LogP contribution in [0.15, 0.2) is 66.7 Å². The van der Waals surface area contributed by atoms with E-state index in [4.69, 9.17) is 10.5 Å². The van der Waals surface area contributed by atoms with Crippen molar-refractivity contribution in [1.29, 1.82) is 0 Å². The van der Waals surface area contributed by atoms with Gasteiger partial charge in [-0.15, -0.1) is 0 Å². The monoisotopic (exact) mass is 406 g/mol. The number of phenolic OH excluding ortho intramolecular Hbond substituents is 1. The molecule has 4 rings (SSSR count). The standard InChI is InChI=1S/C23H19FN2O4/c24-15-9-10-21-18(11-15)19(13-30-21)26(23(29)17-7-3-4-8-20(17)27)12-14-5-1-2-6-16(14)22(25)28/h1-11,19,27H,12-13H2,(H2,25,28). The molecule has 0 saturated heterocycles. The first-order valence-electron chi connectivity index (χ1n) is 9.34. The Labute approximate surface area is 172 Å². The fourth-order valence-electron chi connectivity index (χ4n) is 3.64. The van der Waals surface area contributed by atoms with Crippen LogP contribution in [0.5, 0.6) is 11.5 Å². The smallest absolute Gasteiger partial charge is 0.258 e. The zero-order valence-corrected chi connectivity index (χ0v) is 15.9. The van der Waals surface area contributed by atoms with Crippen LogP contribution in [0.2, 0.25) is 0 Å². The zero-order valence-electron chi connectivity index (χ0n) is 15.9. The van der Waals surface area contributed by atoms with Crippen molar-refractivity contribution in [2.24, 2.45) is 5.73 Å². The Kier molecular flexibility index (Phi) is 5.10. The molecule has 0 spiro atoms. The number of rotatable bonds is 5. The molecule has 3 aromatic rings. The van der Waals surface area contributed by atoms with Gasteiger partial charge in [-0.1, -0.05) is 30.3 Å². The number of carbonyl (C=O) groups excluding carboxylic acids is 2. The number of hydrogen-bond donors (Lipinski definition) is 2. The van der Waals surface area contributed by atoms with E-state index < -0.39 is 23.7 Å². The highest BCUT2D eigenvalue weighted by atomic mass is 19.1. The van der Waals surface area contributed by atoms with Crippen molar-refractivity contribution in [3.63, 3.8) is 0 Å². The van der Waals surface area contributed by atoms with Crippen LogP contribution in [0.25, 0.3) is 0 Å². The van der Waals surface area contributed by atoms with E-state index in [0.29, 0.717) is 16.9 Å².